The van der Waals surface area contributed by atoms with E-state index in [1.807, 2.05) is 0 Å². The summed E-state index contributed by atoms with van der Waals surface area (Å²) < 4.78 is 5.54. The van der Waals surface area contributed by atoms with Gasteiger partial charge in [0.1, 0.15) is 4.75 Å². The molecule has 18 heavy (non-hydrogen) atoms. The number of nitrogens with zero attached hydrogens (tertiary/aromatic N) is 1. The van der Waals surface area contributed by atoms with Crippen molar-refractivity contribution in [1.29, 1.82) is 0 Å². The number of carboxylic acids is 1. The summed E-state index contributed by atoms with van der Waals surface area (Å²) in [6.45, 7) is 3.26. The molecule has 0 aliphatic rings. The molecule has 0 unspecified atom stereocenters. The van der Waals surface area contributed by atoms with Crippen molar-refractivity contribution < 1.29 is 14.3 Å². The Hall–Kier alpha value is -1.69. The highest BCUT2D eigenvalue weighted by Crippen LogP contribution is 2.34. The summed E-state index contributed by atoms with van der Waals surface area (Å²) in [5.41, 5.74) is 1.16. The van der Waals surface area contributed by atoms with Gasteiger partial charge in [-0.2, -0.15) is 0 Å². The molecule has 1 heterocycles. The van der Waals surface area contributed by atoms with E-state index in [0.29, 0.717) is 11.1 Å². The largest absolute Gasteiger partial charge is 0.480 e. The van der Waals surface area contributed by atoms with Gasteiger partial charge in [-0.05, 0) is 32.0 Å². The van der Waals surface area contributed by atoms with Crippen LogP contribution in [0.4, 0.5) is 0 Å². The van der Waals surface area contributed by atoms with Gasteiger partial charge in [0, 0.05) is 11.9 Å². The molecule has 0 bridgehead atoms. The van der Waals surface area contributed by atoms with Crippen LogP contribution in [0.5, 0.6) is 0 Å². The number of rotatable bonds is 3. The smallest absolute Gasteiger partial charge is 0.419 e. The molecule has 1 N–H and O–H groups in total. The molecule has 0 aliphatic heterocycles. The van der Waals surface area contributed by atoms with Gasteiger partial charge in [0.15, 0.2) is 5.58 Å². The van der Waals surface area contributed by atoms with Crippen molar-refractivity contribution in [2.45, 2.75) is 23.5 Å². The van der Waals surface area contributed by atoms with Crippen LogP contribution in [0, 0.1) is 0 Å². The zero-order valence-corrected chi connectivity index (χ0v) is 11.1. The third kappa shape index (κ3) is 2.15. The van der Waals surface area contributed by atoms with Gasteiger partial charge in [-0.1, -0.05) is 0 Å². The first-order valence-electron chi connectivity index (χ1n) is 5.33. The van der Waals surface area contributed by atoms with Crippen molar-refractivity contribution in [2.24, 2.45) is 7.05 Å². The lowest BCUT2D eigenvalue weighted by atomic mass is 10.2. The van der Waals surface area contributed by atoms with E-state index in [1.165, 1.54) is 16.3 Å². The van der Waals surface area contributed by atoms with Crippen LogP contribution < -0.4 is 5.76 Å². The molecule has 1 aromatic heterocycles. The molecule has 0 amide bonds. The van der Waals surface area contributed by atoms with Crippen LogP contribution in [0.2, 0.25) is 0 Å². The Morgan fingerprint density at radius 1 is 1.44 bits per heavy atom. The van der Waals surface area contributed by atoms with Crippen LogP contribution in [0.1, 0.15) is 13.8 Å². The molecular weight excluding hydrogens is 254 g/mol. The lowest BCUT2D eigenvalue weighted by Crippen LogP contribution is -2.26. The predicted octanol–water partition coefficient (Wildman–Crippen LogP) is 2.09. The van der Waals surface area contributed by atoms with Crippen molar-refractivity contribution in [2.75, 3.05) is 0 Å². The van der Waals surface area contributed by atoms with E-state index in [9.17, 15) is 9.59 Å². The van der Waals surface area contributed by atoms with E-state index in [0.717, 1.165) is 4.90 Å². The van der Waals surface area contributed by atoms with Gasteiger partial charge < -0.3 is 9.52 Å². The molecule has 1 aromatic carbocycles. The maximum absolute atomic E-state index is 11.3. The van der Waals surface area contributed by atoms with Crippen molar-refractivity contribution in [3.8, 4) is 0 Å². The second-order valence-electron chi connectivity index (χ2n) is 4.47. The summed E-state index contributed by atoms with van der Waals surface area (Å²) >= 11 is 1.21. The Labute approximate surface area is 107 Å². The number of fused-ring (bicyclic) bond motifs is 1. The van der Waals surface area contributed by atoms with E-state index < -0.39 is 16.5 Å². The van der Waals surface area contributed by atoms with Crippen LogP contribution in [0.3, 0.4) is 0 Å². The zero-order chi connectivity index (χ0) is 13.5. The van der Waals surface area contributed by atoms with Crippen LogP contribution in [-0.4, -0.2) is 20.4 Å². The summed E-state index contributed by atoms with van der Waals surface area (Å²) in [5, 5.41) is 9.07. The number of thioether (sulfide) groups is 1. The van der Waals surface area contributed by atoms with Crippen LogP contribution in [0.25, 0.3) is 11.1 Å². The molecule has 0 fully saturated rings. The standard InChI is InChI=1S/C12H13NO4S/c1-12(2,10(14)15)18-7-4-5-8-9(6-7)17-11(16)13(8)3/h4-6H,1-3H3,(H,14,15). The van der Waals surface area contributed by atoms with Gasteiger partial charge in [-0.15, -0.1) is 11.8 Å². The Morgan fingerprint density at radius 3 is 2.72 bits per heavy atom. The fourth-order valence-electron chi connectivity index (χ4n) is 1.52. The Balaban J connectivity index is 2.43. The van der Waals surface area contributed by atoms with E-state index in [2.05, 4.69) is 0 Å². The highest BCUT2D eigenvalue weighted by molar-refractivity contribution is 8.01. The quantitative estimate of drug-likeness (QED) is 0.862. The average molecular weight is 267 g/mol. The number of oxazole rings is 1. The van der Waals surface area contributed by atoms with E-state index in [1.54, 1.807) is 39.1 Å². The Morgan fingerprint density at radius 2 is 2.11 bits per heavy atom. The first-order valence-corrected chi connectivity index (χ1v) is 6.15. The summed E-state index contributed by atoms with van der Waals surface area (Å²) in [4.78, 5) is 23.1. The third-order valence-corrected chi connectivity index (χ3v) is 3.83. The Bertz CT molecular complexity index is 668. The molecule has 5 nitrogen and oxygen atoms in total. The van der Waals surface area contributed by atoms with Crippen molar-refractivity contribution in [1.82, 2.24) is 4.57 Å². The molecule has 0 saturated carbocycles. The summed E-state index contributed by atoms with van der Waals surface area (Å²) in [5.74, 6) is -1.31. The normalized spacial score (nSPS) is 11.9. The maximum Gasteiger partial charge on any atom is 0.419 e. The van der Waals surface area contributed by atoms with Gasteiger partial charge in [-0.25, -0.2) is 4.79 Å². The molecule has 2 rings (SSSR count). The maximum atomic E-state index is 11.3. The highest BCUT2D eigenvalue weighted by atomic mass is 32.2. The molecule has 96 valence electrons. The minimum atomic E-state index is -0.928. The van der Waals surface area contributed by atoms with E-state index >= 15 is 0 Å². The van der Waals surface area contributed by atoms with Crippen molar-refractivity contribution >= 4 is 28.8 Å². The number of hydrogen-bond donors (Lipinski definition) is 1. The summed E-state index contributed by atoms with van der Waals surface area (Å²) in [6.07, 6.45) is 0. The van der Waals surface area contributed by atoms with Gasteiger partial charge in [0.25, 0.3) is 0 Å². The second kappa shape index (κ2) is 4.20. The average Bonchev–Trinajstić information content (AvgIpc) is 2.53. The zero-order valence-electron chi connectivity index (χ0n) is 10.3. The first-order chi connectivity index (χ1) is 8.31. The van der Waals surface area contributed by atoms with E-state index in [-0.39, 0.29) is 0 Å². The van der Waals surface area contributed by atoms with Crippen molar-refractivity contribution in [3.63, 3.8) is 0 Å². The number of aromatic nitrogens is 1. The molecule has 0 saturated heterocycles. The summed E-state index contributed by atoms with van der Waals surface area (Å²) in [6, 6.07) is 5.22. The lowest BCUT2D eigenvalue weighted by Gasteiger charge is -2.18. The molecule has 0 atom stereocenters. The van der Waals surface area contributed by atoms with Crippen LogP contribution >= 0.6 is 11.8 Å². The van der Waals surface area contributed by atoms with Crippen LogP contribution in [0.15, 0.2) is 32.3 Å². The molecule has 0 aliphatic carbocycles. The summed E-state index contributed by atoms with van der Waals surface area (Å²) in [7, 11) is 1.63. The number of aryl methyl sites for hydroxylation is 1. The van der Waals surface area contributed by atoms with Gasteiger partial charge in [-0.3, -0.25) is 9.36 Å². The molecule has 2 aromatic rings. The molecule has 0 spiro atoms. The number of hydrogen-bond acceptors (Lipinski definition) is 4. The lowest BCUT2D eigenvalue weighted by molar-refractivity contribution is -0.138. The topological polar surface area (TPSA) is 72.4 Å². The number of benzene rings is 1. The molecular formula is C12H13NO4S. The van der Waals surface area contributed by atoms with Crippen molar-refractivity contribution in [3.05, 3.63) is 28.7 Å². The van der Waals surface area contributed by atoms with Crippen LogP contribution in [-0.2, 0) is 11.8 Å². The minimum Gasteiger partial charge on any atom is -0.480 e. The number of carbonyl (C=O) groups is 1. The SMILES string of the molecule is Cn1c(=O)oc2cc(SC(C)(C)C(=O)O)ccc21. The predicted molar refractivity (Wildman–Crippen MR) is 69.0 cm³/mol. The second-order valence-corrected chi connectivity index (χ2v) is 6.17. The Kier molecular flexibility index (Phi) is 2.98. The minimum absolute atomic E-state index is 0.426. The fourth-order valence-corrected chi connectivity index (χ4v) is 2.49. The fraction of sp³-hybridized carbons (Fsp3) is 0.333. The third-order valence-electron chi connectivity index (χ3n) is 2.65. The van der Waals surface area contributed by atoms with Gasteiger partial charge >= 0.3 is 11.7 Å². The van der Waals surface area contributed by atoms with Gasteiger partial charge in [0.2, 0.25) is 0 Å². The monoisotopic (exact) mass is 267 g/mol. The first kappa shape index (κ1) is 12.8. The molecule has 6 heteroatoms. The number of aliphatic carboxylic acids is 1. The number of carboxylic acid groups (broad SMARTS) is 1. The highest BCUT2D eigenvalue weighted by Gasteiger charge is 2.28. The van der Waals surface area contributed by atoms with Gasteiger partial charge in [0.05, 0.1) is 5.52 Å². The van der Waals surface area contributed by atoms with E-state index in [4.69, 9.17) is 9.52 Å². The molecule has 0 radical (unpaired) electrons.